The van der Waals surface area contributed by atoms with E-state index < -0.39 is 23.9 Å². The molecule has 4 atom stereocenters. The summed E-state index contributed by atoms with van der Waals surface area (Å²) in [5.41, 5.74) is 1.77. The highest BCUT2D eigenvalue weighted by Gasteiger charge is 2.50. The number of aliphatic hydroxyl groups excluding tert-OH is 1. The van der Waals surface area contributed by atoms with Crippen LogP contribution in [0, 0.1) is 5.92 Å². The monoisotopic (exact) mass is 537 g/mol. The van der Waals surface area contributed by atoms with Crippen molar-refractivity contribution in [3.63, 3.8) is 0 Å². The number of rotatable bonds is 13. The third-order valence-electron chi connectivity index (χ3n) is 6.32. The fourth-order valence-corrected chi connectivity index (χ4v) is 3.98. The molecule has 9 heteroatoms. The molecular weight excluding hydrogens is 498 g/mol. The van der Waals surface area contributed by atoms with Crippen molar-refractivity contribution in [1.29, 1.82) is 0 Å². The van der Waals surface area contributed by atoms with Crippen LogP contribution in [0.4, 0.5) is 5.69 Å². The molecule has 8 nitrogen and oxygen atoms in total. The van der Waals surface area contributed by atoms with Gasteiger partial charge in [-0.1, -0.05) is 49.2 Å². The van der Waals surface area contributed by atoms with Crippen LogP contribution in [0.25, 0.3) is 0 Å². The maximum absolute atomic E-state index is 13.3. The van der Waals surface area contributed by atoms with Crippen molar-refractivity contribution in [2.75, 3.05) is 32.8 Å². The Labute approximate surface area is 225 Å². The Morgan fingerprint density at radius 1 is 1.27 bits per heavy atom. The summed E-state index contributed by atoms with van der Waals surface area (Å²) in [7, 11) is 4.71. The molecule has 206 valence electrons. The van der Waals surface area contributed by atoms with E-state index in [2.05, 4.69) is 0 Å². The summed E-state index contributed by atoms with van der Waals surface area (Å²) >= 11 is 6.59. The van der Waals surface area contributed by atoms with Gasteiger partial charge in [-0.3, -0.25) is 9.59 Å². The van der Waals surface area contributed by atoms with Crippen molar-refractivity contribution in [2.24, 2.45) is 5.92 Å². The third-order valence-corrected chi connectivity index (χ3v) is 6.70. The summed E-state index contributed by atoms with van der Waals surface area (Å²) in [4.78, 5) is 27.0. The molecule has 4 unspecified atom stereocenters. The molecule has 1 heterocycles. The number of carbonyl (C=O) groups excluding carboxylic acids is 2. The summed E-state index contributed by atoms with van der Waals surface area (Å²) < 4.78 is 21.8. The van der Waals surface area contributed by atoms with Crippen molar-refractivity contribution in [2.45, 2.75) is 71.4 Å². The van der Waals surface area contributed by atoms with Gasteiger partial charge < -0.3 is 29.0 Å². The average molecular weight is 538 g/mol. The first-order valence-electron chi connectivity index (χ1n) is 12.3. The van der Waals surface area contributed by atoms with Gasteiger partial charge in [0.05, 0.1) is 37.8 Å². The number of nitrogens with zero attached hydrogens (tertiary/aromatic N) is 1. The highest BCUT2D eigenvalue weighted by molar-refractivity contribution is 6.35. The smallest absolute Gasteiger partial charge is 0.308 e. The molecule has 0 aromatic heterocycles. The van der Waals surface area contributed by atoms with Crippen molar-refractivity contribution >= 4 is 29.2 Å². The molecule has 0 bridgehead atoms. The highest BCUT2D eigenvalue weighted by atomic mass is 35.5. The van der Waals surface area contributed by atoms with E-state index in [1.807, 2.05) is 38.1 Å². The summed E-state index contributed by atoms with van der Waals surface area (Å²) in [6, 6.07) is 3.69. The van der Waals surface area contributed by atoms with Gasteiger partial charge in [0.2, 0.25) is 5.91 Å². The number of halogens is 1. The van der Waals surface area contributed by atoms with Crippen LogP contribution in [0.3, 0.4) is 0 Å². The van der Waals surface area contributed by atoms with Crippen LogP contribution in [-0.4, -0.2) is 68.8 Å². The topological polar surface area (TPSA) is 97.8 Å². The average Bonchev–Trinajstić information content (AvgIpc) is 3.59. The van der Waals surface area contributed by atoms with E-state index >= 15 is 0 Å². The van der Waals surface area contributed by atoms with E-state index in [4.69, 9.17) is 30.5 Å². The van der Waals surface area contributed by atoms with Crippen molar-refractivity contribution in [3.8, 4) is 5.75 Å². The fourth-order valence-electron chi connectivity index (χ4n) is 3.67. The molecular formula is C28H40ClNO7. The van der Waals surface area contributed by atoms with Gasteiger partial charge in [0.25, 0.3) is 0 Å². The molecule has 2 rings (SSSR count). The van der Waals surface area contributed by atoms with E-state index in [9.17, 15) is 14.7 Å². The molecule has 0 spiro atoms. The fraction of sp³-hybridized carbons (Fsp3) is 0.571. The molecule has 1 aromatic rings. The van der Waals surface area contributed by atoms with Crippen molar-refractivity contribution < 1.29 is 33.6 Å². The first-order chi connectivity index (χ1) is 17.3. The number of esters is 1. The minimum Gasteiger partial charge on any atom is -0.495 e. The molecule has 1 N–H and O–H groups in total. The standard InChI is InChI=1S/C28H40ClNO7/c1-17(2)27(33)37-24(28(5)16-36-28)15-25(32)30(6)21-13-20(14-23(35-8)26(21)29)12-18(3)10-9-11-22(34-7)19(4)31/h9-11,13-14,17,19,22,24,31H,12,15-16H2,1-8H3. The first kappa shape index (κ1) is 30.8. The lowest BCUT2D eigenvalue weighted by Crippen LogP contribution is -2.39. The van der Waals surface area contributed by atoms with Crippen LogP contribution in [0.5, 0.6) is 5.75 Å². The number of carbonyl (C=O) groups is 2. The number of ether oxygens (including phenoxy) is 4. The molecule has 0 aliphatic carbocycles. The van der Waals surface area contributed by atoms with Crippen LogP contribution < -0.4 is 9.64 Å². The van der Waals surface area contributed by atoms with Gasteiger partial charge in [-0.15, -0.1) is 0 Å². The summed E-state index contributed by atoms with van der Waals surface area (Å²) in [5, 5.41) is 10.0. The lowest BCUT2D eigenvalue weighted by molar-refractivity contribution is -0.157. The number of hydrogen-bond acceptors (Lipinski definition) is 7. The molecule has 1 amide bonds. The zero-order valence-electron chi connectivity index (χ0n) is 23.0. The maximum Gasteiger partial charge on any atom is 0.308 e. The Morgan fingerprint density at radius 3 is 2.43 bits per heavy atom. The van der Waals surface area contributed by atoms with E-state index in [1.54, 1.807) is 41.0 Å². The quantitative estimate of drug-likeness (QED) is 0.225. The van der Waals surface area contributed by atoms with Crippen LogP contribution in [-0.2, 0) is 30.2 Å². The van der Waals surface area contributed by atoms with E-state index in [-0.39, 0.29) is 24.2 Å². The van der Waals surface area contributed by atoms with Gasteiger partial charge in [-0.05, 0) is 44.9 Å². The molecule has 1 aromatic carbocycles. The second-order valence-electron chi connectivity index (χ2n) is 9.99. The number of benzene rings is 1. The molecule has 37 heavy (non-hydrogen) atoms. The predicted molar refractivity (Wildman–Crippen MR) is 144 cm³/mol. The highest BCUT2D eigenvalue weighted by Crippen LogP contribution is 2.38. The summed E-state index contributed by atoms with van der Waals surface area (Å²) in [6.07, 6.45) is 4.41. The predicted octanol–water partition coefficient (Wildman–Crippen LogP) is 4.50. The van der Waals surface area contributed by atoms with Crippen LogP contribution >= 0.6 is 11.6 Å². The Bertz CT molecular complexity index is 1010. The summed E-state index contributed by atoms with van der Waals surface area (Å²) in [6.45, 7) is 9.39. The van der Waals surface area contributed by atoms with Crippen molar-refractivity contribution in [3.05, 3.63) is 46.5 Å². The molecule has 0 radical (unpaired) electrons. The Kier molecular flexibility index (Phi) is 11.2. The van der Waals surface area contributed by atoms with E-state index in [1.165, 1.54) is 12.0 Å². The minimum absolute atomic E-state index is 0.0397. The van der Waals surface area contributed by atoms with Gasteiger partial charge in [-0.2, -0.15) is 0 Å². The zero-order valence-corrected chi connectivity index (χ0v) is 23.8. The number of epoxide rings is 1. The second-order valence-corrected chi connectivity index (χ2v) is 10.4. The Morgan fingerprint density at radius 2 is 1.92 bits per heavy atom. The van der Waals surface area contributed by atoms with Gasteiger partial charge in [-0.25, -0.2) is 0 Å². The number of aliphatic hydroxyl groups is 1. The second kappa shape index (κ2) is 13.4. The third kappa shape index (κ3) is 8.57. The number of amides is 1. The lowest BCUT2D eigenvalue weighted by atomic mass is 10.0. The first-order valence-corrected chi connectivity index (χ1v) is 12.7. The van der Waals surface area contributed by atoms with Gasteiger partial charge in [0.15, 0.2) is 0 Å². The normalized spacial score (nSPS) is 20.0. The van der Waals surface area contributed by atoms with Gasteiger partial charge in [0.1, 0.15) is 28.6 Å². The molecule has 1 aliphatic rings. The van der Waals surface area contributed by atoms with Crippen LogP contribution in [0.2, 0.25) is 5.02 Å². The van der Waals surface area contributed by atoms with Crippen LogP contribution in [0.1, 0.15) is 46.6 Å². The largest absolute Gasteiger partial charge is 0.495 e. The zero-order chi connectivity index (χ0) is 27.9. The Hall–Kier alpha value is -2.39. The number of methoxy groups -OCH3 is 2. The van der Waals surface area contributed by atoms with Gasteiger partial charge in [0, 0.05) is 14.2 Å². The minimum atomic E-state index is -0.698. The van der Waals surface area contributed by atoms with Gasteiger partial charge >= 0.3 is 5.97 Å². The molecule has 1 aliphatic heterocycles. The number of allylic oxidation sites excluding steroid dienone is 3. The van der Waals surface area contributed by atoms with E-state index in [0.29, 0.717) is 29.5 Å². The van der Waals surface area contributed by atoms with Crippen LogP contribution in [0.15, 0.2) is 35.9 Å². The molecule has 1 fully saturated rings. The van der Waals surface area contributed by atoms with Crippen molar-refractivity contribution in [1.82, 2.24) is 0 Å². The number of anilines is 1. The molecule has 1 saturated heterocycles. The Balaban J connectivity index is 2.24. The summed E-state index contributed by atoms with van der Waals surface area (Å²) in [5.74, 6) is -0.503. The SMILES string of the molecule is COc1cc(CC(C)=CC=CC(OC)C(C)O)cc(N(C)C(=O)CC(OC(=O)C(C)C)C2(C)CO2)c1Cl. The van der Waals surface area contributed by atoms with E-state index in [0.717, 1.165) is 11.1 Å². The number of hydrogen-bond donors (Lipinski definition) is 1. The molecule has 0 saturated carbocycles. The maximum atomic E-state index is 13.3. The lowest BCUT2D eigenvalue weighted by Gasteiger charge is -2.26.